The zero-order valence-corrected chi connectivity index (χ0v) is 8.79. The molecule has 2 atom stereocenters. The molecule has 0 aliphatic carbocycles. The predicted octanol–water partition coefficient (Wildman–Crippen LogP) is 0.931. The summed E-state index contributed by atoms with van der Waals surface area (Å²) in [7, 11) is 1.24. The van der Waals surface area contributed by atoms with Gasteiger partial charge in [-0.1, -0.05) is 6.07 Å². The number of hydrogen-bond acceptors (Lipinski definition) is 5. The monoisotopic (exact) mass is 225 g/mol. The number of pyridine rings is 1. The molecule has 0 spiro atoms. The van der Waals surface area contributed by atoms with E-state index < -0.39 is 25.1 Å². The first-order chi connectivity index (χ1) is 8.93. The number of carbonyl (C=O) groups excluding carboxylic acids is 1. The van der Waals surface area contributed by atoms with Crippen LogP contribution in [0.1, 0.15) is 22.1 Å². The van der Waals surface area contributed by atoms with E-state index in [0.29, 0.717) is 5.56 Å². The Labute approximate surface area is 98.2 Å². The topological polar surface area (TPSA) is 51.7 Å². The van der Waals surface area contributed by atoms with Gasteiger partial charge in [-0.2, -0.15) is 5.06 Å². The Morgan fingerprint density at radius 3 is 3.31 bits per heavy atom. The Morgan fingerprint density at radius 2 is 2.69 bits per heavy atom. The first-order valence-corrected chi connectivity index (χ1v) is 4.87. The van der Waals surface area contributed by atoms with Gasteiger partial charge in [-0.15, -0.1) is 0 Å². The van der Waals surface area contributed by atoms with Gasteiger partial charge in [0.2, 0.25) is 0 Å². The Kier molecular flexibility index (Phi) is 2.22. The van der Waals surface area contributed by atoms with Crippen LogP contribution in [0.5, 0.6) is 0 Å². The molecule has 86 valence electrons. The number of carbonyl (C=O) groups is 1. The minimum absolute atomic E-state index is 0.219. The van der Waals surface area contributed by atoms with Crippen molar-refractivity contribution in [2.45, 2.75) is 18.6 Å². The molecule has 1 aromatic heterocycles. The van der Waals surface area contributed by atoms with Crippen molar-refractivity contribution in [2.24, 2.45) is 0 Å². The Balaban J connectivity index is 2.27. The molecule has 1 aliphatic heterocycles. The largest absolute Gasteiger partial charge is 0.467 e. The molecule has 0 saturated carbocycles. The Morgan fingerprint density at radius 1 is 1.81 bits per heavy atom. The lowest BCUT2D eigenvalue weighted by Crippen LogP contribution is -2.23. The van der Waals surface area contributed by atoms with E-state index in [2.05, 4.69) is 9.72 Å². The van der Waals surface area contributed by atoms with Crippen LogP contribution in [0.25, 0.3) is 0 Å². The number of esters is 1. The van der Waals surface area contributed by atoms with Crippen molar-refractivity contribution in [3.05, 3.63) is 30.1 Å². The summed E-state index contributed by atoms with van der Waals surface area (Å²) in [6.45, 7) is -2.46. The zero-order valence-electron chi connectivity index (χ0n) is 11.8. The van der Waals surface area contributed by atoms with Crippen LogP contribution in [0.3, 0.4) is 0 Å². The maximum Gasteiger partial charge on any atom is 0.337 e. The zero-order chi connectivity index (χ0) is 14.0. The normalized spacial score (nSPS) is 29.2. The molecule has 0 aromatic carbocycles. The van der Waals surface area contributed by atoms with Crippen LogP contribution in [-0.4, -0.2) is 36.2 Å². The molecule has 5 heteroatoms. The predicted molar refractivity (Wildman–Crippen MR) is 56.2 cm³/mol. The van der Waals surface area contributed by atoms with Crippen molar-refractivity contribution >= 4 is 5.97 Å². The molecule has 1 aliphatic rings. The fourth-order valence-corrected chi connectivity index (χ4v) is 1.67. The molecule has 2 heterocycles. The van der Waals surface area contributed by atoms with Crippen LogP contribution in [-0.2, 0) is 14.4 Å². The van der Waals surface area contributed by atoms with E-state index in [1.54, 1.807) is 24.5 Å². The lowest BCUT2D eigenvalue weighted by Gasteiger charge is -2.16. The van der Waals surface area contributed by atoms with Crippen LogP contribution < -0.4 is 0 Å². The van der Waals surface area contributed by atoms with E-state index >= 15 is 0 Å². The van der Waals surface area contributed by atoms with Crippen LogP contribution in [0.4, 0.5) is 0 Å². The second kappa shape index (κ2) is 4.59. The first kappa shape index (κ1) is 7.76. The molecule has 5 nitrogen and oxygen atoms in total. The highest BCUT2D eigenvalue weighted by molar-refractivity contribution is 5.74. The van der Waals surface area contributed by atoms with Gasteiger partial charge in [0.1, 0.15) is 0 Å². The van der Waals surface area contributed by atoms with Gasteiger partial charge in [-0.3, -0.25) is 9.82 Å². The molecule has 0 N–H and O–H groups in total. The Hall–Kier alpha value is -1.46. The highest BCUT2D eigenvalue weighted by atomic mass is 16.7. The number of hydrogen-bond donors (Lipinski definition) is 0. The number of methoxy groups -OCH3 is 1. The number of hydroxylamine groups is 2. The van der Waals surface area contributed by atoms with Crippen LogP contribution in [0, 0.1) is 0 Å². The lowest BCUT2D eigenvalue weighted by molar-refractivity contribution is -0.179. The summed E-state index contributed by atoms with van der Waals surface area (Å²) in [5.74, 6) is -0.583. The third-order valence-corrected chi connectivity index (χ3v) is 2.49. The summed E-state index contributed by atoms with van der Waals surface area (Å²) >= 11 is 0. The van der Waals surface area contributed by atoms with Gasteiger partial charge in [0.05, 0.1) is 13.2 Å². The van der Waals surface area contributed by atoms with E-state index in [9.17, 15) is 4.79 Å². The van der Waals surface area contributed by atoms with Crippen molar-refractivity contribution in [3.63, 3.8) is 0 Å². The summed E-state index contributed by atoms with van der Waals surface area (Å²) < 4.78 is 27.0. The maximum atomic E-state index is 11.5. The van der Waals surface area contributed by atoms with Gasteiger partial charge < -0.3 is 4.74 Å². The van der Waals surface area contributed by atoms with Gasteiger partial charge >= 0.3 is 5.97 Å². The average molecular weight is 225 g/mol. The molecule has 16 heavy (non-hydrogen) atoms. The second-order valence-corrected chi connectivity index (χ2v) is 3.48. The van der Waals surface area contributed by atoms with Crippen molar-refractivity contribution in [1.29, 1.82) is 0 Å². The number of rotatable bonds is 2. The number of nitrogens with zero attached hydrogens (tertiary/aromatic N) is 2. The van der Waals surface area contributed by atoms with Gasteiger partial charge in [-0.05, 0) is 11.6 Å². The van der Waals surface area contributed by atoms with Gasteiger partial charge in [0, 0.05) is 29.9 Å². The molecule has 1 aromatic rings. The molecule has 0 amide bonds. The molecule has 1 fully saturated rings. The van der Waals surface area contributed by atoms with Crippen molar-refractivity contribution in [3.8, 4) is 0 Å². The highest BCUT2D eigenvalue weighted by Crippen LogP contribution is 2.32. The average Bonchev–Trinajstić information content (AvgIpc) is 2.84. The van der Waals surface area contributed by atoms with Crippen molar-refractivity contribution in [2.75, 3.05) is 14.1 Å². The molecule has 2 unspecified atom stereocenters. The smallest absolute Gasteiger partial charge is 0.337 e. The van der Waals surface area contributed by atoms with Crippen LogP contribution >= 0.6 is 0 Å². The SMILES string of the molecule is [2H]C([2H])([2H])N1OC(C(=O)OC)CC1c1cccnc1. The minimum Gasteiger partial charge on any atom is -0.467 e. The van der Waals surface area contributed by atoms with Crippen molar-refractivity contribution in [1.82, 2.24) is 10.0 Å². The third kappa shape index (κ3) is 2.05. The van der Waals surface area contributed by atoms with Gasteiger partial charge in [0.25, 0.3) is 0 Å². The summed E-state index contributed by atoms with van der Waals surface area (Å²) in [5.41, 5.74) is 0.685. The molecular weight excluding hydrogens is 208 g/mol. The second-order valence-electron chi connectivity index (χ2n) is 3.48. The summed E-state index contributed by atoms with van der Waals surface area (Å²) in [6, 6.07) is 2.91. The van der Waals surface area contributed by atoms with E-state index in [1.807, 2.05) is 0 Å². The van der Waals surface area contributed by atoms with E-state index in [-0.39, 0.29) is 6.42 Å². The van der Waals surface area contributed by atoms with Crippen LogP contribution in [0.15, 0.2) is 24.5 Å². The van der Waals surface area contributed by atoms with Gasteiger partial charge in [0.15, 0.2) is 6.10 Å². The fourth-order valence-electron chi connectivity index (χ4n) is 1.67. The summed E-state index contributed by atoms with van der Waals surface area (Å²) in [4.78, 5) is 20.7. The maximum absolute atomic E-state index is 11.5. The lowest BCUT2D eigenvalue weighted by atomic mass is 10.0. The van der Waals surface area contributed by atoms with E-state index in [4.69, 9.17) is 8.95 Å². The molecule has 0 bridgehead atoms. The molecule has 1 saturated heterocycles. The summed E-state index contributed by atoms with van der Waals surface area (Å²) in [6.07, 6.45) is 2.47. The van der Waals surface area contributed by atoms with Crippen molar-refractivity contribution < 1.29 is 18.5 Å². The number of ether oxygens (including phenoxy) is 1. The van der Waals surface area contributed by atoms with Gasteiger partial charge in [-0.25, -0.2) is 4.79 Å². The summed E-state index contributed by atoms with van der Waals surface area (Å²) in [5, 5.41) is 0.867. The standard InChI is InChI=1S/C11H14N2O3/c1-13-9(8-4-3-5-12-7-8)6-10(16-13)11(14)15-2/h3-5,7,9-10H,6H2,1-2H3/i1D3. The Bertz CT molecular complexity index is 452. The van der Waals surface area contributed by atoms with E-state index in [0.717, 1.165) is 5.06 Å². The molecule has 2 rings (SSSR count). The fraction of sp³-hybridized carbons (Fsp3) is 0.455. The quantitative estimate of drug-likeness (QED) is 0.701. The van der Waals surface area contributed by atoms with E-state index in [1.165, 1.54) is 7.11 Å². The minimum atomic E-state index is -2.46. The van der Waals surface area contributed by atoms with Crippen LogP contribution in [0.2, 0.25) is 0 Å². The third-order valence-electron chi connectivity index (χ3n) is 2.49. The first-order valence-electron chi connectivity index (χ1n) is 6.37. The highest BCUT2D eigenvalue weighted by Gasteiger charge is 2.37. The molecular formula is C11H14N2O3. The molecule has 0 radical (unpaired) electrons. The number of aromatic nitrogens is 1.